The summed E-state index contributed by atoms with van der Waals surface area (Å²) in [4.78, 5) is 16.0. The minimum absolute atomic E-state index is 0.0402. The number of carbonyl (C=O) groups is 1. The maximum Gasteiger partial charge on any atom is 0.252 e. The number of rotatable bonds is 3. The third-order valence-corrected chi connectivity index (χ3v) is 2.80. The van der Waals surface area contributed by atoms with Crippen molar-refractivity contribution in [3.05, 3.63) is 29.8 Å². The van der Waals surface area contributed by atoms with Gasteiger partial charge in [-0.3, -0.25) is 4.79 Å². The van der Waals surface area contributed by atoms with E-state index in [4.69, 9.17) is 11.5 Å². The molecule has 1 saturated carbocycles. The van der Waals surface area contributed by atoms with Gasteiger partial charge in [0.15, 0.2) is 5.96 Å². The van der Waals surface area contributed by atoms with E-state index in [0.29, 0.717) is 12.8 Å². The normalized spacial score (nSPS) is 16.1. The molecule has 0 bridgehead atoms. The van der Waals surface area contributed by atoms with Crippen molar-refractivity contribution in [2.45, 2.75) is 25.3 Å². The van der Waals surface area contributed by atoms with Gasteiger partial charge in [0.25, 0.3) is 5.91 Å². The van der Waals surface area contributed by atoms with Crippen LogP contribution in [-0.4, -0.2) is 17.4 Å². The number of nitrogens with one attached hydrogen (secondary N) is 1. The van der Waals surface area contributed by atoms with Crippen LogP contribution in [0.15, 0.2) is 29.3 Å². The van der Waals surface area contributed by atoms with E-state index < -0.39 is 5.54 Å². The van der Waals surface area contributed by atoms with Crippen LogP contribution in [0.2, 0.25) is 0 Å². The van der Waals surface area contributed by atoms with Crippen LogP contribution in [0.1, 0.15) is 18.4 Å². The molecule has 1 amide bonds. The summed E-state index contributed by atoms with van der Waals surface area (Å²) in [7, 11) is 0. The summed E-state index contributed by atoms with van der Waals surface area (Å²) in [6.07, 6.45) is 1.39. The van der Waals surface area contributed by atoms with Gasteiger partial charge >= 0.3 is 0 Å². The molecular formula is C12H16N4O. The van der Waals surface area contributed by atoms with Crippen molar-refractivity contribution >= 4 is 17.6 Å². The van der Waals surface area contributed by atoms with Crippen molar-refractivity contribution in [3.8, 4) is 0 Å². The van der Waals surface area contributed by atoms with Gasteiger partial charge in [-0.2, -0.15) is 0 Å². The molecule has 2 rings (SSSR count). The molecule has 0 spiro atoms. The molecule has 1 aliphatic carbocycles. The molecule has 1 aliphatic rings. The molecule has 17 heavy (non-hydrogen) atoms. The summed E-state index contributed by atoms with van der Waals surface area (Å²) >= 11 is 0. The van der Waals surface area contributed by atoms with Gasteiger partial charge in [-0.15, -0.1) is 0 Å². The van der Waals surface area contributed by atoms with E-state index in [9.17, 15) is 4.79 Å². The Labute approximate surface area is 99.9 Å². The Balaban J connectivity index is 2.07. The molecule has 1 fully saturated rings. The highest BCUT2D eigenvalue weighted by Gasteiger charge is 2.50. The van der Waals surface area contributed by atoms with E-state index in [1.54, 1.807) is 0 Å². The molecule has 5 N–H and O–H groups in total. The highest BCUT2D eigenvalue weighted by molar-refractivity contribution is 6.01. The Morgan fingerprint density at radius 2 is 1.88 bits per heavy atom. The number of hydrogen-bond donors (Lipinski definition) is 3. The number of carbonyl (C=O) groups excluding carboxylic acids is 1. The lowest BCUT2D eigenvalue weighted by Gasteiger charge is -2.11. The minimum Gasteiger partial charge on any atom is -0.370 e. The summed E-state index contributed by atoms with van der Waals surface area (Å²) in [5.74, 6) is -0.184. The smallest absolute Gasteiger partial charge is 0.252 e. The maximum atomic E-state index is 12.0. The quantitative estimate of drug-likeness (QED) is 0.530. The number of hydrogen-bond acceptors (Lipinski definition) is 2. The average Bonchev–Trinajstić information content (AvgIpc) is 3.01. The Bertz CT molecular complexity index is 456. The number of nitrogens with zero attached hydrogens (tertiary/aromatic N) is 1. The van der Waals surface area contributed by atoms with Crippen molar-refractivity contribution in [2.24, 2.45) is 16.5 Å². The van der Waals surface area contributed by atoms with Crippen molar-refractivity contribution in [1.82, 2.24) is 0 Å². The van der Waals surface area contributed by atoms with Gasteiger partial charge in [-0.1, -0.05) is 17.7 Å². The number of benzene rings is 1. The van der Waals surface area contributed by atoms with Crippen LogP contribution < -0.4 is 16.8 Å². The molecule has 1 aromatic rings. The Morgan fingerprint density at radius 1 is 1.29 bits per heavy atom. The zero-order valence-corrected chi connectivity index (χ0v) is 9.73. The molecule has 5 heteroatoms. The lowest BCUT2D eigenvalue weighted by Crippen LogP contribution is -2.33. The second kappa shape index (κ2) is 4.08. The highest BCUT2D eigenvalue weighted by Crippen LogP contribution is 2.40. The van der Waals surface area contributed by atoms with E-state index in [1.165, 1.54) is 0 Å². The summed E-state index contributed by atoms with van der Waals surface area (Å²) in [6.45, 7) is 1.99. The third kappa shape index (κ3) is 2.55. The van der Waals surface area contributed by atoms with E-state index >= 15 is 0 Å². The topological polar surface area (TPSA) is 93.5 Å². The van der Waals surface area contributed by atoms with Crippen LogP contribution in [-0.2, 0) is 4.79 Å². The predicted octanol–water partition coefficient (Wildman–Crippen LogP) is 0.740. The second-order valence-corrected chi connectivity index (χ2v) is 4.39. The van der Waals surface area contributed by atoms with Crippen LogP contribution in [0.25, 0.3) is 0 Å². The molecule has 0 aliphatic heterocycles. The predicted molar refractivity (Wildman–Crippen MR) is 67.6 cm³/mol. The fourth-order valence-electron chi connectivity index (χ4n) is 1.64. The van der Waals surface area contributed by atoms with Gasteiger partial charge in [0.2, 0.25) is 0 Å². The molecule has 0 unspecified atom stereocenters. The molecular weight excluding hydrogens is 216 g/mol. The van der Waals surface area contributed by atoms with Crippen LogP contribution in [0.4, 0.5) is 5.69 Å². The first kappa shape index (κ1) is 11.4. The number of anilines is 1. The number of aliphatic imine (C=N–C) groups is 1. The number of aryl methyl sites for hydroxylation is 1. The fourth-order valence-corrected chi connectivity index (χ4v) is 1.64. The molecule has 5 nitrogen and oxygen atoms in total. The lowest BCUT2D eigenvalue weighted by molar-refractivity contribution is -0.118. The molecule has 0 aromatic heterocycles. The van der Waals surface area contributed by atoms with Crippen molar-refractivity contribution in [3.63, 3.8) is 0 Å². The number of nitrogens with two attached hydrogens (primary N) is 2. The van der Waals surface area contributed by atoms with Crippen LogP contribution in [0.5, 0.6) is 0 Å². The van der Waals surface area contributed by atoms with Gasteiger partial charge in [-0.25, -0.2) is 4.99 Å². The second-order valence-electron chi connectivity index (χ2n) is 4.39. The van der Waals surface area contributed by atoms with Gasteiger partial charge in [0.05, 0.1) is 0 Å². The van der Waals surface area contributed by atoms with E-state index in [-0.39, 0.29) is 11.9 Å². The molecule has 1 aromatic carbocycles. The fraction of sp³-hybridized carbons (Fsp3) is 0.333. The summed E-state index contributed by atoms with van der Waals surface area (Å²) in [5, 5.41) is 2.82. The third-order valence-electron chi connectivity index (χ3n) is 2.80. The Hall–Kier alpha value is -2.04. The summed E-state index contributed by atoms with van der Waals surface area (Å²) in [6, 6.07) is 7.60. The highest BCUT2D eigenvalue weighted by atomic mass is 16.2. The van der Waals surface area contributed by atoms with E-state index in [2.05, 4.69) is 10.3 Å². The van der Waals surface area contributed by atoms with E-state index in [1.807, 2.05) is 31.2 Å². The first-order valence-electron chi connectivity index (χ1n) is 5.51. The van der Waals surface area contributed by atoms with Crippen LogP contribution in [0.3, 0.4) is 0 Å². The molecule has 0 atom stereocenters. The Kier molecular flexibility index (Phi) is 2.75. The maximum absolute atomic E-state index is 12.0. The van der Waals surface area contributed by atoms with Gasteiger partial charge in [-0.05, 0) is 31.9 Å². The molecule has 0 heterocycles. The van der Waals surface area contributed by atoms with Gasteiger partial charge < -0.3 is 16.8 Å². The summed E-state index contributed by atoms with van der Waals surface area (Å²) in [5.41, 5.74) is 11.8. The van der Waals surface area contributed by atoms with Crippen molar-refractivity contribution < 1.29 is 4.79 Å². The van der Waals surface area contributed by atoms with Crippen molar-refractivity contribution in [2.75, 3.05) is 5.32 Å². The summed E-state index contributed by atoms with van der Waals surface area (Å²) < 4.78 is 0. The Morgan fingerprint density at radius 3 is 2.35 bits per heavy atom. The lowest BCUT2D eigenvalue weighted by atomic mass is 10.2. The standard InChI is InChI=1S/C12H16N4O/c1-8-2-4-9(5-3-8)15-10(17)12(6-7-12)16-11(13)14/h2-5H,6-7H2,1H3,(H,15,17)(H4,13,14,16). The average molecular weight is 232 g/mol. The minimum atomic E-state index is -0.732. The van der Waals surface area contributed by atoms with Gasteiger partial charge in [0, 0.05) is 5.69 Å². The first-order valence-corrected chi connectivity index (χ1v) is 5.51. The monoisotopic (exact) mass is 232 g/mol. The molecule has 0 saturated heterocycles. The largest absolute Gasteiger partial charge is 0.370 e. The van der Waals surface area contributed by atoms with Crippen molar-refractivity contribution in [1.29, 1.82) is 0 Å². The van der Waals surface area contributed by atoms with Crippen LogP contribution in [0, 0.1) is 6.92 Å². The number of guanidine groups is 1. The van der Waals surface area contributed by atoms with Crippen LogP contribution >= 0.6 is 0 Å². The zero-order chi connectivity index (χ0) is 12.5. The first-order chi connectivity index (χ1) is 8.02. The SMILES string of the molecule is Cc1ccc(NC(=O)C2(N=C(N)N)CC2)cc1. The number of amides is 1. The van der Waals surface area contributed by atoms with Gasteiger partial charge in [0.1, 0.15) is 5.54 Å². The van der Waals surface area contributed by atoms with E-state index in [0.717, 1.165) is 11.3 Å². The molecule has 90 valence electrons. The molecule has 0 radical (unpaired) electrons. The zero-order valence-electron chi connectivity index (χ0n) is 9.73.